The number of amides is 2. The number of aldehydes is 1. The average Bonchev–Trinajstić information content (AvgIpc) is 3.71. The number of nitrogens with one attached hydrogen (secondary N) is 1. The first kappa shape index (κ1) is 26.6. The molecule has 1 aromatic rings. The fraction of sp³-hybridized carbons (Fsp3) is 0.607. The molecule has 0 radical (unpaired) electrons. The van der Waals surface area contributed by atoms with Gasteiger partial charge in [0, 0.05) is 42.3 Å². The molecule has 2 aliphatic carbocycles. The molecule has 10 nitrogen and oxygen atoms in total. The van der Waals surface area contributed by atoms with E-state index in [1.807, 2.05) is 0 Å². The van der Waals surface area contributed by atoms with Crippen molar-refractivity contribution in [2.45, 2.75) is 68.8 Å². The van der Waals surface area contributed by atoms with Crippen LogP contribution in [0.15, 0.2) is 23.8 Å². The number of carbonyl (C=O) groups is 3. The van der Waals surface area contributed by atoms with Crippen LogP contribution < -0.4 is 14.8 Å². The molecule has 10 heteroatoms. The minimum absolute atomic E-state index is 0.0387. The Kier molecular flexibility index (Phi) is 8.01. The van der Waals surface area contributed by atoms with Gasteiger partial charge in [-0.25, -0.2) is 0 Å². The first-order valence-electron chi connectivity index (χ1n) is 13.5. The average molecular weight is 529 g/mol. The van der Waals surface area contributed by atoms with Gasteiger partial charge in [-0.2, -0.15) is 0 Å². The molecule has 1 aromatic carbocycles. The molecule has 38 heavy (non-hydrogen) atoms. The maximum atomic E-state index is 13.8. The molecule has 206 valence electrons. The number of benzene rings is 1. The number of hydrogen-bond acceptors (Lipinski definition) is 8. The lowest BCUT2D eigenvalue weighted by molar-refractivity contribution is -0.143. The standard InChI is InChI=1S/C28H36N2O8/c1-36-22-12-16(15-32)11-19-23-20(27(34)29-8-9-31)13-21(24(33)26(23)38-25(19)22)30(14-18-7-4-10-37-18)28(35)17-5-2-3-6-17/h11-13,15,17-18,21,23-24,26,31,33H,2-10,14H2,1H3,(H,29,34). The van der Waals surface area contributed by atoms with Gasteiger partial charge < -0.3 is 34.6 Å². The summed E-state index contributed by atoms with van der Waals surface area (Å²) in [5, 5.41) is 23.7. The number of nitrogens with zero attached hydrogens (tertiary/aromatic N) is 1. The SMILES string of the molecule is COc1cc(C=O)cc2c1OC1C2C(C(=O)NCCO)=CC(N(CC2CCCO2)C(=O)C2CCCC2)C1O. The van der Waals surface area contributed by atoms with Crippen LogP contribution in [0.4, 0.5) is 0 Å². The smallest absolute Gasteiger partial charge is 0.247 e. The van der Waals surface area contributed by atoms with Gasteiger partial charge in [0.05, 0.1) is 31.8 Å². The Morgan fingerprint density at radius 1 is 1.21 bits per heavy atom. The molecule has 2 amide bonds. The van der Waals surface area contributed by atoms with E-state index in [1.165, 1.54) is 7.11 Å². The lowest BCUT2D eigenvalue weighted by atomic mass is 9.77. The number of aliphatic hydroxyl groups excluding tert-OH is 2. The molecule has 1 saturated heterocycles. The highest BCUT2D eigenvalue weighted by atomic mass is 16.5. The molecule has 2 aliphatic heterocycles. The maximum absolute atomic E-state index is 13.8. The van der Waals surface area contributed by atoms with Crippen LogP contribution in [0.1, 0.15) is 60.4 Å². The highest BCUT2D eigenvalue weighted by molar-refractivity contribution is 5.96. The van der Waals surface area contributed by atoms with Crippen molar-refractivity contribution in [3.05, 3.63) is 34.9 Å². The lowest BCUT2D eigenvalue weighted by Gasteiger charge is -2.42. The van der Waals surface area contributed by atoms with Gasteiger partial charge in [-0.1, -0.05) is 12.8 Å². The fourth-order valence-electron chi connectivity index (χ4n) is 6.33. The molecule has 5 atom stereocenters. The summed E-state index contributed by atoms with van der Waals surface area (Å²) in [6.07, 6.45) is 5.52. The van der Waals surface area contributed by atoms with E-state index in [-0.39, 0.29) is 31.1 Å². The molecule has 2 heterocycles. The number of aliphatic hydroxyl groups is 2. The third-order valence-corrected chi connectivity index (χ3v) is 8.18. The molecule has 5 unspecified atom stereocenters. The summed E-state index contributed by atoms with van der Waals surface area (Å²) in [6.45, 7) is 0.769. The summed E-state index contributed by atoms with van der Waals surface area (Å²) in [6, 6.07) is 2.38. The van der Waals surface area contributed by atoms with E-state index in [0.29, 0.717) is 47.6 Å². The number of carbonyl (C=O) groups excluding carboxylic acids is 3. The van der Waals surface area contributed by atoms with Gasteiger partial charge in [-0.15, -0.1) is 0 Å². The topological polar surface area (TPSA) is 135 Å². The predicted molar refractivity (Wildman–Crippen MR) is 136 cm³/mol. The first-order chi connectivity index (χ1) is 18.5. The van der Waals surface area contributed by atoms with Crippen molar-refractivity contribution in [3.63, 3.8) is 0 Å². The van der Waals surface area contributed by atoms with E-state index in [0.717, 1.165) is 38.5 Å². The van der Waals surface area contributed by atoms with Crippen molar-refractivity contribution in [3.8, 4) is 11.5 Å². The number of fused-ring (bicyclic) bond motifs is 3. The zero-order valence-corrected chi connectivity index (χ0v) is 21.6. The summed E-state index contributed by atoms with van der Waals surface area (Å²) in [4.78, 5) is 40.6. The summed E-state index contributed by atoms with van der Waals surface area (Å²) in [7, 11) is 1.46. The Morgan fingerprint density at radius 2 is 2.00 bits per heavy atom. The summed E-state index contributed by atoms with van der Waals surface area (Å²) in [5.41, 5.74) is 1.24. The van der Waals surface area contributed by atoms with Crippen LogP contribution in [0.2, 0.25) is 0 Å². The predicted octanol–water partition coefficient (Wildman–Crippen LogP) is 1.33. The van der Waals surface area contributed by atoms with Gasteiger partial charge in [0.25, 0.3) is 0 Å². The molecular weight excluding hydrogens is 492 g/mol. The lowest BCUT2D eigenvalue weighted by Crippen LogP contribution is -2.58. The Hall–Kier alpha value is -2.95. The molecule has 4 aliphatic rings. The van der Waals surface area contributed by atoms with Gasteiger partial charge in [0.15, 0.2) is 11.5 Å². The monoisotopic (exact) mass is 528 g/mol. The van der Waals surface area contributed by atoms with Crippen LogP contribution >= 0.6 is 0 Å². The Balaban J connectivity index is 1.57. The Labute approximate surface area is 221 Å². The number of ether oxygens (including phenoxy) is 3. The van der Waals surface area contributed by atoms with Crippen LogP contribution in [-0.4, -0.2) is 91.0 Å². The molecule has 2 fully saturated rings. The Morgan fingerprint density at radius 3 is 2.66 bits per heavy atom. The van der Waals surface area contributed by atoms with Crippen molar-refractivity contribution in [1.29, 1.82) is 0 Å². The highest BCUT2D eigenvalue weighted by Gasteiger charge is 2.52. The molecule has 0 spiro atoms. The van der Waals surface area contributed by atoms with Crippen LogP contribution in [0.3, 0.4) is 0 Å². The Bertz CT molecular complexity index is 1090. The molecule has 1 saturated carbocycles. The van der Waals surface area contributed by atoms with Gasteiger partial charge in [-0.05, 0) is 43.9 Å². The number of methoxy groups -OCH3 is 1. The van der Waals surface area contributed by atoms with Crippen molar-refractivity contribution >= 4 is 18.1 Å². The number of hydrogen-bond donors (Lipinski definition) is 3. The summed E-state index contributed by atoms with van der Waals surface area (Å²) in [5.74, 6) is -0.586. The maximum Gasteiger partial charge on any atom is 0.247 e. The van der Waals surface area contributed by atoms with Crippen molar-refractivity contribution in [1.82, 2.24) is 10.2 Å². The molecule has 0 bridgehead atoms. The van der Waals surface area contributed by atoms with Crippen LogP contribution in [0.25, 0.3) is 0 Å². The third kappa shape index (κ3) is 4.92. The van der Waals surface area contributed by atoms with Crippen molar-refractivity contribution < 1.29 is 38.8 Å². The zero-order chi connectivity index (χ0) is 26.8. The summed E-state index contributed by atoms with van der Waals surface area (Å²) < 4.78 is 17.6. The minimum atomic E-state index is -1.14. The zero-order valence-electron chi connectivity index (χ0n) is 21.6. The van der Waals surface area contributed by atoms with E-state index in [9.17, 15) is 24.6 Å². The van der Waals surface area contributed by atoms with E-state index < -0.39 is 30.1 Å². The molecule has 3 N–H and O–H groups in total. The minimum Gasteiger partial charge on any atom is -0.493 e. The number of rotatable bonds is 9. The molecular formula is C28H36N2O8. The first-order valence-corrected chi connectivity index (χ1v) is 13.5. The largest absolute Gasteiger partial charge is 0.493 e. The second-order valence-electron chi connectivity index (χ2n) is 10.5. The van der Waals surface area contributed by atoms with Gasteiger partial charge >= 0.3 is 0 Å². The van der Waals surface area contributed by atoms with Crippen LogP contribution in [0.5, 0.6) is 11.5 Å². The quantitative estimate of drug-likeness (QED) is 0.409. The molecule has 5 rings (SSSR count). The summed E-state index contributed by atoms with van der Waals surface area (Å²) >= 11 is 0. The van der Waals surface area contributed by atoms with Crippen LogP contribution in [0, 0.1) is 5.92 Å². The second-order valence-corrected chi connectivity index (χ2v) is 10.5. The van der Waals surface area contributed by atoms with Gasteiger partial charge in [-0.3, -0.25) is 14.4 Å². The van der Waals surface area contributed by atoms with Gasteiger partial charge in [0.1, 0.15) is 18.5 Å². The van der Waals surface area contributed by atoms with E-state index in [4.69, 9.17) is 14.2 Å². The van der Waals surface area contributed by atoms with Crippen molar-refractivity contribution in [2.75, 3.05) is 33.4 Å². The van der Waals surface area contributed by atoms with Crippen LogP contribution in [-0.2, 0) is 14.3 Å². The third-order valence-electron chi connectivity index (χ3n) is 8.18. The van der Waals surface area contributed by atoms with E-state index in [1.54, 1.807) is 23.1 Å². The molecule has 0 aromatic heterocycles. The normalized spacial score (nSPS) is 28.2. The van der Waals surface area contributed by atoms with Crippen molar-refractivity contribution in [2.24, 2.45) is 5.92 Å². The van der Waals surface area contributed by atoms with E-state index >= 15 is 0 Å². The second kappa shape index (κ2) is 11.4. The van der Waals surface area contributed by atoms with E-state index in [2.05, 4.69) is 5.32 Å². The fourth-order valence-corrected chi connectivity index (χ4v) is 6.33. The van der Waals surface area contributed by atoms with Gasteiger partial charge in [0.2, 0.25) is 11.8 Å². The highest BCUT2D eigenvalue weighted by Crippen LogP contribution is 2.51.